The first-order valence-electron chi connectivity index (χ1n) is 15.5. The number of hydrogen-bond acceptors (Lipinski definition) is 4. The number of hydrogen-bond donors (Lipinski definition) is 2. The van der Waals surface area contributed by atoms with Crippen LogP contribution in [0.4, 0.5) is 0 Å². The highest BCUT2D eigenvalue weighted by atomic mass is 16.5. The summed E-state index contributed by atoms with van der Waals surface area (Å²) in [7, 11) is 0. The summed E-state index contributed by atoms with van der Waals surface area (Å²) in [4.78, 5) is 42.1. The zero-order valence-corrected chi connectivity index (χ0v) is 25.4. The molecule has 224 valence electrons. The number of unbranched alkanes of at least 4 members (excludes halogenated alkanes) is 1. The van der Waals surface area contributed by atoms with Crippen molar-refractivity contribution in [3.63, 3.8) is 0 Å². The van der Waals surface area contributed by atoms with Crippen LogP contribution in [0.15, 0.2) is 48.5 Å². The zero-order chi connectivity index (χ0) is 29.6. The quantitative estimate of drug-likeness (QED) is 0.266. The first-order valence-corrected chi connectivity index (χ1v) is 15.5. The predicted octanol–water partition coefficient (Wildman–Crippen LogP) is 4.96. The Balaban J connectivity index is 1.71. The van der Waals surface area contributed by atoms with Gasteiger partial charge in [-0.1, -0.05) is 82.5 Å². The number of nitrogens with one attached hydrogen (secondary N) is 2. The van der Waals surface area contributed by atoms with E-state index in [9.17, 15) is 14.4 Å². The summed E-state index contributed by atoms with van der Waals surface area (Å²) in [5.74, 6) is -0.103. The van der Waals surface area contributed by atoms with Gasteiger partial charge in [-0.2, -0.15) is 0 Å². The van der Waals surface area contributed by atoms with Crippen molar-refractivity contribution in [3.8, 4) is 0 Å². The maximum absolute atomic E-state index is 13.5. The summed E-state index contributed by atoms with van der Waals surface area (Å²) in [6.45, 7) is 11.2. The lowest BCUT2D eigenvalue weighted by Crippen LogP contribution is -2.52. The van der Waals surface area contributed by atoms with E-state index in [0.717, 1.165) is 38.5 Å². The molecule has 3 rings (SSSR count). The van der Waals surface area contributed by atoms with Crippen molar-refractivity contribution in [2.75, 3.05) is 32.8 Å². The van der Waals surface area contributed by atoms with Crippen molar-refractivity contribution in [1.29, 1.82) is 0 Å². The molecule has 0 aliphatic heterocycles. The van der Waals surface area contributed by atoms with E-state index in [1.54, 1.807) is 11.0 Å². The number of ether oxygens (including phenoxy) is 1. The lowest BCUT2D eigenvalue weighted by Gasteiger charge is -2.26. The van der Waals surface area contributed by atoms with Gasteiger partial charge in [-0.25, -0.2) is 0 Å². The van der Waals surface area contributed by atoms with E-state index >= 15 is 0 Å². The summed E-state index contributed by atoms with van der Waals surface area (Å²) in [5.41, 5.74) is 3.64. The van der Waals surface area contributed by atoms with Crippen molar-refractivity contribution < 1.29 is 19.1 Å². The molecular formula is C34H49N3O4. The SMILES string of the molecule is CCCCOCCN(CC)C(=O)c1ccccc1CC(=O)NC(C(=O)NCC(CC)CC)C1Cc2ccccc2C1. The topological polar surface area (TPSA) is 87.7 Å². The van der Waals surface area contributed by atoms with Crippen molar-refractivity contribution in [3.05, 3.63) is 70.8 Å². The normalized spacial score (nSPS) is 13.6. The van der Waals surface area contributed by atoms with Crippen LogP contribution in [0.3, 0.4) is 0 Å². The number of carbonyl (C=O) groups is 3. The fraction of sp³-hybridized carbons (Fsp3) is 0.559. The van der Waals surface area contributed by atoms with E-state index in [1.165, 1.54) is 11.1 Å². The van der Waals surface area contributed by atoms with E-state index in [1.807, 2.05) is 37.3 Å². The molecule has 7 nitrogen and oxygen atoms in total. The molecule has 41 heavy (non-hydrogen) atoms. The minimum absolute atomic E-state index is 0.0155. The van der Waals surface area contributed by atoms with Gasteiger partial charge in [-0.05, 0) is 60.8 Å². The van der Waals surface area contributed by atoms with E-state index < -0.39 is 6.04 Å². The lowest BCUT2D eigenvalue weighted by molar-refractivity contribution is -0.130. The number of amides is 3. The smallest absolute Gasteiger partial charge is 0.254 e. The van der Waals surface area contributed by atoms with Gasteiger partial charge in [-0.15, -0.1) is 0 Å². The van der Waals surface area contributed by atoms with E-state index in [2.05, 4.69) is 43.5 Å². The summed E-state index contributed by atoms with van der Waals surface area (Å²) in [5, 5.41) is 6.18. The van der Waals surface area contributed by atoms with Crippen LogP contribution in [0.2, 0.25) is 0 Å². The van der Waals surface area contributed by atoms with E-state index in [-0.39, 0.29) is 30.1 Å². The second kappa shape index (κ2) is 16.9. The van der Waals surface area contributed by atoms with Crippen LogP contribution in [-0.2, 0) is 33.6 Å². The van der Waals surface area contributed by atoms with Crippen molar-refractivity contribution in [2.45, 2.75) is 78.7 Å². The monoisotopic (exact) mass is 563 g/mol. The highest BCUT2D eigenvalue weighted by molar-refractivity contribution is 5.97. The van der Waals surface area contributed by atoms with E-state index in [0.29, 0.717) is 49.9 Å². The Labute approximate surface area is 246 Å². The third-order valence-corrected chi connectivity index (χ3v) is 8.29. The van der Waals surface area contributed by atoms with Gasteiger partial charge in [0.25, 0.3) is 5.91 Å². The van der Waals surface area contributed by atoms with Crippen LogP contribution < -0.4 is 10.6 Å². The van der Waals surface area contributed by atoms with Crippen molar-refractivity contribution >= 4 is 17.7 Å². The summed E-state index contributed by atoms with van der Waals surface area (Å²) < 4.78 is 5.68. The Bertz CT molecular complexity index is 1110. The number of benzene rings is 2. The molecule has 1 aliphatic rings. The van der Waals surface area contributed by atoms with Crippen molar-refractivity contribution in [1.82, 2.24) is 15.5 Å². The molecular weight excluding hydrogens is 514 g/mol. The first kappa shape index (κ1) is 32.3. The second-order valence-corrected chi connectivity index (χ2v) is 11.1. The van der Waals surface area contributed by atoms with Gasteiger partial charge in [0.1, 0.15) is 6.04 Å². The summed E-state index contributed by atoms with van der Waals surface area (Å²) >= 11 is 0. The molecule has 3 amide bonds. The molecule has 0 heterocycles. The lowest BCUT2D eigenvalue weighted by atomic mass is 9.94. The molecule has 0 radical (unpaired) electrons. The molecule has 2 aromatic carbocycles. The molecule has 0 saturated heterocycles. The van der Waals surface area contributed by atoms with Gasteiger partial charge in [-0.3, -0.25) is 14.4 Å². The molecule has 2 aromatic rings. The molecule has 1 atom stereocenters. The minimum atomic E-state index is -0.639. The molecule has 0 saturated carbocycles. The standard InChI is InChI=1S/C34H49N3O4/c1-5-9-19-41-20-18-37(8-4)34(40)30-17-13-12-16-28(30)23-31(38)36-32(33(39)35-24-25(6-2)7-3)29-21-26-14-10-11-15-27(26)22-29/h10-17,25,29,32H,5-9,18-24H2,1-4H3,(H,35,39)(H,36,38). The first-order chi connectivity index (χ1) is 19.9. The Morgan fingerprint density at radius 3 is 2.22 bits per heavy atom. The molecule has 7 heteroatoms. The number of likely N-dealkylation sites (N-methyl/N-ethyl adjacent to an activating group) is 1. The average Bonchev–Trinajstić information content (AvgIpc) is 3.42. The van der Waals surface area contributed by atoms with E-state index in [4.69, 9.17) is 4.74 Å². The Kier molecular flexibility index (Phi) is 13.3. The molecule has 2 N–H and O–H groups in total. The van der Waals surface area contributed by atoms with Gasteiger partial charge < -0.3 is 20.3 Å². The van der Waals surface area contributed by atoms with Crippen LogP contribution in [0.5, 0.6) is 0 Å². The van der Waals surface area contributed by atoms with Gasteiger partial charge >= 0.3 is 0 Å². The molecule has 1 unspecified atom stereocenters. The number of nitrogens with zero attached hydrogens (tertiary/aromatic N) is 1. The van der Waals surface area contributed by atoms with Gasteiger partial charge in [0, 0.05) is 31.8 Å². The van der Waals surface area contributed by atoms with Gasteiger partial charge in [0.15, 0.2) is 0 Å². The summed E-state index contributed by atoms with van der Waals surface area (Å²) in [6.07, 6.45) is 5.59. The second-order valence-electron chi connectivity index (χ2n) is 11.1. The number of fused-ring (bicyclic) bond motifs is 1. The molecule has 0 spiro atoms. The van der Waals surface area contributed by atoms with Crippen LogP contribution in [0, 0.1) is 11.8 Å². The summed E-state index contributed by atoms with van der Waals surface area (Å²) in [6, 6.07) is 14.9. The highest BCUT2D eigenvalue weighted by Gasteiger charge is 2.34. The third kappa shape index (κ3) is 9.42. The Morgan fingerprint density at radius 2 is 1.59 bits per heavy atom. The molecule has 0 aromatic heterocycles. The molecule has 0 bridgehead atoms. The Morgan fingerprint density at radius 1 is 0.927 bits per heavy atom. The van der Waals surface area contributed by atoms with Gasteiger partial charge in [0.05, 0.1) is 13.0 Å². The number of carbonyl (C=O) groups excluding carboxylic acids is 3. The maximum Gasteiger partial charge on any atom is 0.254 e. The maximum atomic E-state index is 13.5. The predicted molar refractivity (Wildman–Crippen MR) is 164 cm³/mol. The zero-order valence-electron chi connectivity index (χ0n) is 25.4. The highest BCUT2D eigenvalue weighted by Crippen LogP contribution is 2.29. The molecule has 1 aliphatic carbocycles. The van der Waals surface area contributed by atoms with Crippen LogP contribution >= 0.6 is 0 Å². The van der Waals surface area contributed by atoms with Crippen molar-refractivity contribution in [2.24, 2.45) is 11.8 Å². The fourth-order valence-electron chi connectivity index (χ4n) is 5.54. The average molecular weight is 564 g/mol. The largest absolute Gasteiger partial charge is 0.380 e. The van der Waals surface area contributed by atoms with Gasteiger partial charge in [0.2, 0.25) is 11.8 Å². The third-order valence-electron chi connectivity index (χ3n) is 8.29. The molecule has 0 fully saturated rings. The Hall–Kier alpha value is -3.19. The fourth-order valence-corrected chi connectivity index (χ4v) is 5.54. The minimum Gasteiger partial charge on any atom is -0.380 e. The van der Waals surface area contributed by atoms with Crippen LogP contribution in [-0.4, -0.2) is 61.5 Å². The van der Waals surface area contributed by atoms with Crippen LogP contribution in [0.25, 0.3) is 0 Å². The number of rotatable bonds is 17. The van der Waals surface area contributed by atoms with Crippen LogP contribution in [0.1, 0.15) is 80.4 Å².